The van der Waals surface area contributed by atoms with Crippen LogP contribution in [0.15, 0.2) is 54.7 Å². The topological polar surface area (TPSA) is 109 Å². The van der Waals surface area contributed by atoms with E-state index in [0.717, 1.165) is 33.6 Å². The third-order valence-electron chi connectivity index (χ3n) is 5.47. The quantitative estimate of drug-likeness (QED) is 0.485. The first-order chi connectivity index (χ1) is 16.3. The van der Waals surface area contributed by atoms with Gasteiger partial charge in [0.2, 0.25) is 0 Å². The monoisotopic (exact) mass is 479 g/mol. The summed E-state index contributed by atoms with van der Waals surface area (Å²) in [6, 6.07) is 16.1. The zero-order valence-electron chi connectivity index (χ0n) is 18.9. The number of aliphatic carboxylic acids is 1. The minimum absolute atomic E-state index is 0.0628. The molecule has 0 atom stereocenters. The number of carboxylic acids is 1. The fourth-order valence-electron chi connectivity index (χ4n) is 4.13. The van der Waals surface area contributed by atoms with Crippen LogP contribution < -0.4 is 5.32 Å². The highest BCUT2D eigenvalue weighted by molar-refractivity contribution is 7.17. The minimum atomic E-state index is -1.09. The number of rotatable bonds is 8. The number of nitrogens with zero attached hydrogens (tertiary/aromatic N) is 2. The van der Waals surface area contributed by atoms with E-state index < -0.39 is 24.5 Å². The first-order valence-electron chi connectivity index (χ1n) is 10.9. The Morgan fingerprint density at radius 3 is 2.29 bits per heavy atom. The second kappa shape index (κ2) is 10.0. The normalized spacial score (nSPS) is 12.2. The first-order valence-corrected chi connectivity index (χ1v) is 11.7. The lowest BCUT2D eigenvalue weighted by Crippen LogP contribution is -2.37. The van der Waals surface area contributed by atoms with Crippen molar-refractivity contribution in [3.63, 3.8) is 0 Å². The number of fused-ring (bicyclic) bond motifs is 3. The van der Waals surface area contributed by atoms with Gasteiger partial charge in [0.25, 0.3) is 5.91 Å². The molecule has 2 aromatic carbocycles. The Balaban J connectivity index is 1.39. The fourth-order valence-corrected chi connectivity index (χ4v) is 4.90. The predicted octanol–water partition coefficient (Wildman–Crippen LogP) is 4.69. The number of ether oxygens (including phenoxy) is 1. The van der Waals surface area contributed by atoms with Gasteiger partial charge in [-0.15, -0.1) is 0 Å². The lowest BCUT2D eigenvalue weighted by molar-refractivity contribution is -0.137. The maximum absolute atomic E-state index is 12.7. The number of carboxylic acid groups (broad SMARTS) is 1. The number of carbonyl (C=O) groups is 3. The number of amides is 2. The molecule has 8 nitrogen and oxygen atoms in total. The molecule has 1 aromatic heterocycles. The number of thiazole rings is 1. The van der Waals surface area contributed by atoms with Crippen molar-refractivity contribution in [2.75, 3.05) is 25.0 Å². The van der Waals surface area contributed by atoms with Crippen LogP contribution in [-0.2, 0) is 9.53 Å². The molecule has 1 aliphatic carbocycles. The van der Waals surface area contributed by atoms with E-state index in [1.165, 1.54) is 11.1 Å². The molecule has 3 aromatic rings. The smallest absolute Gasteiger partial charge is 0.413 e. The second-order valence-electron chi connectivity index (χ2n) is 8.45. The Kier molecular flexibility index (Phi) is 6.93. The SMILES string of the molecule is CC(C)CN(CC(=O)O)C(=O)c1cnc(NC(=O)OCC2c3ccccc3-c3ccccc32)s1. The Bertz CT molecular complexity index is 1180. The Labute approximate surface area is 201 Å². The minimum Gasteiger partial charge on any atom is -0.480 e. The number of nitrogens with one attached hydrogen (secondary N) is 1. The highest BCUT2D eigenvalue weighted by atomic mass is 32.1. The molecule has 1 heterocycles. The van der Waals surface area contributed by atoms with Gasteiger partial charge in [-0.05, 0) is 28.2 Å². The zero-order valence-corrected chi connectivity index (χ0v) is 19.7. The van der Waals surface area contributed by atoms with E-state index in [4.69, 9.17) is 9.84 Å². The highest BCUT2D eigenvalue weighted by Crippen LogP contribution is 2.44. The summed E-state index contributed by atoms with van der Waals surface area (Å²) in [4.78, 5) is 41.9. The average Bonchev–Trinajstić information content (AvgIpc) is 3.39. The van der Waals surface area contributed by atoms with Crippen molar-refractivity contribution >= 4 is 34.4 Å². The van der Waals surface area contributed by atoms with Crippen LogP contribution in [0.1, 0.15) is 40.6 Å². The Morgan fingerprint density at radius 1 is 1.09 bits per heavy atom. The molecule has 0 radical (unpaired) electrons. The predicted molar refractivity (Wildman–Crippen MR) is 129 cm³/mol. The molecular weight excluding hydrogens is 454 g/mol. The number of carbonyl (C=O) groups excluding carboxylic acids is 2. The number of anilines is 1. The van der Waals surface area contributed by atoms with Gasteiger partial charge in [-0.2, -0.15) is 0 Å². The van der Waals surface area contributed by atoms with Gasteiger partial charge in [0.1, 0.15) is 18.0 Å². The maximum atomic E-state index is 12.7. The molecule has 0 bridgehead atoms. The van der Waals surface area contributed by atoms with Crippen molar-refractivity contribution < 1.29 is 24.2 Å². The standard InChI is InChI=1S/C25H25N3O5S/c1-15(2)12-28(13-22(29)30)23(31)21-11-26-24(34-21)27-25(32)33-14-20-18-9-5-3-7-16(18)17-8-4-6-10-19(17)20/h3-11,15,20H,12-14H2,1-2H3,(H,29,30)(H,26,27,32). The lowest BCUT2D eigenvalue weighted by atomic mass is 9.98. The molecule has 2 amide bonds. The van der Waals surface area contributed by atoms with E-state index in [1.54, 1.807) is 0 Å². The van der Waals surface area contributed by atoms with Crippen LogP contribution >= 0.6 is 11.3 Å². The summed E-state index contributed by atoms with van der Waals surface area (Å²) in [6.07, 6.45) is 0.668. The largest absolute Gasteiger partial charge is 0.480 e. The van der Waals surface area contributed by atoms with Gasteiger partial charge in [-0.1, -0.05) is 73.7 Å². The van der Waals surface area contributed by atoms with Crippen molar-refractivity contribution in [1.29, 1.82) is 0 Å². The average molecular weight is 480 g/mol. The summed E-state index contributed by atoms with van der Waals surface area (Å²) in [6.45, 7) is 3.87. The Morgan fingerprint density at radius 2 is 1.71 bits per heavy atom. The van der Waals surface area contributed by atoms with Gasteiger partial charge in [0.15, 0.2) is 5.13 Å². The van der Waals surface area contributed by atoms with Gasteiger partial charge in [-0.3, -0.25) is 14.9 Å². The molecule has 2 N–H and O–H groups in total. The van der Waals surface area contributed by atoms with E-state index in [1.807, 2.05) is 50.2 Å². The van der Waals surface area contributed by atoms with E-state index >= 15 is 0 Å². The molecule has 0 aliphatic heterocycles. The number of hydrogen-bond acceptors (Lipinski definition) is 6. The lowest BCUT2D eigenvalue weighted by Gasteiger charge is -2.21. The van der Waals surface area contributed by atoms with Gasteiger partial charge < -0.3 is 14.7 Å². The molecule has 0 unspecified atom stereocenters. The van der Waals surface area contributed by atoms with Crippen LogP contribution in [0, 0.1) is 5.92 Å². The van der Waals surface area contributed by atoms with Crippen LogP contribution in [0.5, 0.6) is 0 Å². The molecule has 4 rings (SSSR count). The van der Waals surface area contributed by atoms with E-state index in [-0.39, 0.29) is 28.5 Å². The van der Waals surface area contributed by atoms with Crippen molar-refractivity contribution in [2.24, 2.45) is 5.92 Å². The van der Waals surface area contributed by atoms with Crippen molar-refractivity contribution in [1.82, 2.24) is 9.88 Å². The molecule has 34 heavy (non-hydrogen) atoms. The van der Waals surface area contributed by atoms with Crippen LogP contribution in [0.4, 0.5) is 9.93 Å². The van der Waals surface area contributed by atoms with Gasteiger partial charge in [-0.25, -0.2) is 9.78 Å². The maximum Gasteiger partial charge on any atom is 0.413 e. The van der Waals surface area contributed by atoms with Crippen molar-refractivity contribution in [3.05, 3.63) is 70.7 Å². The number of aromatic nitrogens is 1. The van der Waals surface area contributed by atoms with Crippen LogP contribution in [0.25, 0.3) is 11.1 Å². The van der Waals surface area contributed by atoms with Crippen LogP contribution in [-0.4, -0.2) is 52.7 Å². The van der Waals surface area contributed by atoms with E-state index in [0.29, 0.717) is 6.54 Å². The summed E-state index contributed by atoms with van der Waals surface area (Å²) in [7, 11) is 0. The van der Waals surface area contributed by atoms with Crippen molar-refractivity contribution in [3.8, 4) is 11.1 Å². The first kappa shape index (κ1) is 23.4. The second-order valence-corrected chi connectivity index (χ2v) is 9.48. The number of benzene rings is 2. The molecule has 0 spiro atoms. The van der Waals surface area contributed by atoms with Crippen LogP contribution in [0.3, 0.4) is 0 Å². The molecule has 0 fully saturated rings. The molecule has 0 saturated heterocycles. The van der Waals surface area contributed by atoms with Gasteiger partial charge in [0.05, 0.1) is 6.20 Å². The zero-order chi connectivity index (χ0) is 24.2. The molecule has 1 aliphatic rings. The fraction of sp³-hybridized carbons (Fsp3) is 0.280. The van der Waals surface area contributed by atoms with Gasteiger partial charge >= 0.3 is 12.1 Å². The van der Waals surface area contributed by atoms with Gasteiger partial charge in [0, 0.05) is 12.5 Å². The molecule has 176 valence electrons. The number of hydrogen-bond donors (Lipinski definition) is 2. The molecular formula is C25H25N3O5S. The van der Waals surface area contributed by atoms with E-state index in [9.17, 15) is 14.4 Å². The van der Waals surface area contributed by atoms with E-state index in [2.05, 4.69) is 22.4 Å². The Hall–Kier alpha value is -3.72. The molecule has 9 heteroatoms. The molecule has 0 saturated carbocycles. The summed E-state index contributed by atoms with van der Waals surface area (Å²) >= 11 is 0.980. The van der Waals surface area contributed by atoms with Crippen molar-refractivity contribution in [2.45, 2.75) is 19.8 Å². The summed E-state index contributed by atoms with van der Waals surface area (Å²) in [5.74, 6) is -1.48. The summed E-state index contributed by atoms with van der Waals surface area (Å²) < 4.78 is 5.51. The summed E-state index contributed by atoms with van der Waals surface area (Å²) in [5, 5.41) is 11.9. The third-order valence-corrected chi connectivity index (χ3v) is 6.37. The van der Waals surface area contributed by atoms with Crippen LogP contribution in [0.2, 0.25) is 0 Å². The summed E-state index contributed by atoms with van der Waals surface area (Å²) in [5.41, 5.74) is 4.51. The third kappa shape index (κ3) is 5.09. The highest BCUT2D eigenvalue weighted by Gasteiger charge is 2.29.